The van der Waals surface area contributed by atoms with Gasteiger partial charge < -0.3 is 10.2 Å². The molecule has 0 radical (unpaired) electrons. The lowest BCUT2D eigenvalue weighted by atomic mass is 9.80. The number of rotatable bonds is 4. The molecule has 27 heavy (non-hydrogen) atoms. The lowest BCUT2D eigenvalue weighted by Gasteiger charge is -2.40. The fraction of sp³-hybridized carbons (Fsp3) is 0.476. The SMILES string of the molecule is Cc1nn(C)cc1C(C)NC(=O)C1(C)CCCN(C(=O)c2ccccc2)C1. The minimum absolute atomic E-state index is 0.00882. The second-order valence-corrected chi connectivity index (χ2v) is 7.80. The first-order chi connectivity index (χ1) is 12.8. The van der Waals surface area contributed by atoms with E-state index >= 15 is 0 Å². The number of piperidine rings is 1. The van der Waals surface area contributed by atoms with Crippen LogP contribution < -0.4 is 5.32 Å². The van der Waals surface area contributed by atoms with Gasteiger partial charge in [0.15, 0.2) is 0 Å². The fourth-order valence-corrected chi connectivity index (χ4v) is 3.85. The lowest BCUT2D eigenvalue weighted by molar-refractivity contribution is -0.133. The average molecular weight is 368 g/mol. The highest BCUT2D eigenvalue weighted by atomic mass is 16.2. The molecule has 1 aliphatic heterocycles. The Morgan fingerprint density at radius 3 is 2.59 bits per heavy atom. The first-order valence-corrected chi connectivity index (χ1v) is 9.45. The molecule has 1 aromatic carbocycles. The van der Waals surface area contributed by atoms with Crippen LogP contribution in [-0.4, -0.2) is 39.6 Å². The number of aryl methyl sites for hydroxylation is 2. The van der Waals surface area contributed by atoms with Crippen LogP contribution in [0.5, 0.6) is 0 Å². The van der Waals surface area contributed by atoms with Gasteiger partial charge in [-0.3, -0.25) is 14.3 Å². The summed E-state index contributed by atoms with van der Waals surface area (Å²) in [5.41, 5.74) is 2.01. The van der Waals surface area contributed by atoms with Gasteiger partial charge in [0.2, 0.25) is 5.91 Å². The van der Waals surface area contributed by atoms with E-state index in [1.807, 2.05) is 64.3 Å². The predicted molar refractivity (Wildman–Crippen MR) is 104 cm³/mol. The van der Waals surface area contributed by atoms with E-state index in [1.54, 1.807) is 9.58 Å². The van der Waals surface area contributed by atoms with Crippen LogP contribution >= 0.6 is 0 Å². The van der Waals surface area contributed by atoms with Crippen molar-refractivity contribution >= 4 is 11.8 Å². The first kappa shape index (κ1) is 19.1. The van der Waals surface area contributed by atoms with Gasteiger partial charge in [-0.1, -0.05) is 18.2 Å². The highest BCUT2D eigenvalue weighted by Crippen LogP contribution is 2.31. The highest BCUT2D eigenvalue weighted by molar-refractivity contribution is 5.95. The summed E-state index contributed by atoms with van der Waals surface area (Å²) in [6.07, 6.45) is 3.54. The van der Waals surface area contributed by atoms with Gasteiger partial charge in [-0.15, -0.1) is 0 Å². The molecular formula is C21H28N4O2. The topological polar surface area (TPSA) is 67.2 Å². The predicted octanol–water partition coefficient (Wildman–Crippen LogP) is 2.85. The van der Waals surface area contributed by atoms with Gasteiger partial charge in [0.05, 0.1) is 17.2 Å². The Hall–Kier alpha value is -2.63. The molecule has 2 unspecified atom stereocenters. The van der Waals surface area contributed by atoms with Crippen LogP contribution in [0, 0.1) is 12.3 Å². The standard InChI is InChI=1S/C21H28N4O2/c1-15(18-13-24(4)23-16(18)2)22-20(27)21(3)11-8-12-25(14-21)19(26)17-9-6-5-7-10-17/h5-7,9-10,13,15H,8,11-12,14H2,1-4H3,(H,22,27). The maximum atomic E-state index is 13.1. The normalized spacial score (nSPS) is 21.0. The van der Waals surface area contributed by atoms with Crippen LogP contribution in [0.1, 0.15) is 54.3 Å². The van der Waals surface area contributed by atoms with Gasteiger partial charge in [-0.2, -0.15) is 5.10 Å². The number of hydrogen-bond donors (Lipinski definition) is 1. The molecule has 6 heteroatoms. The average Bonchev–Trinajstić information content (AvgIpc) is 3.00. The smallest absolute Gasteiger partial charge is 0.253 e. The van der Waals surface area contributed by atoms with Gasteiger partial charge in [-0.25, -0.2) is 0 Å². The quantitative estimate of drug-likeness (QED) is 0.902. The van der Waals surface area contributed by atoms with Gasteiger partial charge in [0.25, 0.3) is 5.91 Å². The summed E-state index contributed by atoms with van der Waals surface area (Å²) in [7, 11) is 1.88. The number of carbonyl (C=O) groups excluding carboxylic acids is 2. The molecule has 1 aliphatic rings. The zero-order valence-electron chi connectivity index (χ0n) is 16.5. The molecule has 0 bridgehead atoms. The highest BCUT2D eigenvalue weighted by Gasteiger charge is 2.40. The van der Waals surface area contributed by atoms with Crippen molar-refractivity contribution in [3.63, 3.8) is 0 Å². The summed E-state index contributed by atoms with van der Waals surface area (Å²) in [4.78, 5) is 27.6. The van der Waals surface area contributed by atoms with Gasteiger partial charge >= 0.3 is 0 Å². The maximum Gasteiger partial charge on any atom is 0.253 e. The second kappa shape index (κ2) is 7.55. The van der Waals surface area contributed by atoms with E-state index in [-0.39, 0.29) is 17.9 Å². The number of benzene rings is 1. The Morgan fingerprint density at radius 1 is 1.26 bits per heavy atom. The summed E-state index contributed by atoms with van der Waals surface area (Å²) in [6, 6.07) is 9.14. The number of carbonyl (C=O) groups is 2. The molecule has 0 aliphatic carbocycles. The molecule has 2 atom stereocenters. The van der Waals surface area contributed by atoms with Crippen molar-refractivity contribution < 1.29 is 9.59 Å². The summed E-state index contributed by atoms with van der Waals surface area (Å²) in [5.74, 6) is -0.0192. The summed E-state index contributed by atoms with van der Waals surface area (Å²) < 4.78 is 1.76. The summed E-state index contributed by atoms with van der Waals surface area (Å²) >= 11 is 0. The third-order valence-electron chi connectivity index (χ3n) is 5.42. The molecule has 1 N–H and O–H groups in total. The Bertz CT molecular complexity index is 830. The fourth-order valence-electron chi connectivity index (χ4n) is 3.85. The van der Waals surface area contributed by atoms with E-state index in [0.717, 1.165) is 24.1 Å². The molecular weight excluding hydrogens is 340 g/mol. The molecule has 2 heterocycles. The number of nitrogens with one attached hydrogen (secondary N) is 1. The van der Waals surface area contributed by atoms with E-state index in [9.17, 15) is 9.59 Å². The molecule has 6 nitrogen and oxygen atoms in total. The Balaban J connectivity index is 1.70. The van der Waals surface area contributed by atoms with Crippen LogP contribution in [0.3, 0.4) is 0 Å². The van der Waals surface area contributed by atoms with Crippen LogP contribution in [0.15, 0.2) is 36.5 Å². The van der Waals surface area contributed by atoms with E-state index < -0.39 is 5.41 Å². The Morgan fingerprint density at radius 2 is 1.96 bits per heavy atom. The monoisotopic (exact) mass is 368 g/mol. The molecule has 0 spiro atoms. The van der Waals surface area contributed by atoms with E-state index in [2.05, 4.69) is 10.4 Å². The third-order valence-corrected chi connectivity index (χ3v) is 5.42. The van der Waals surface area contributed by atoms with E-state index in [1.165, 1.54) is 0 Å². The van der Waals surface area contributed by atoms with Crippen molar-refractivity contribution in [3.8, 4) is 0 Å². The number of likely N-dealkylation sites (tertiary alicyclic amines) is 1. The zero-order chi connectivity index (χ0) is 19.6. The van der Waals surface area contributed by atoms with Crippen molar-refractivity contribution in [1.29, 1.82) is 0 Å². The van der Waals surface area contributed by atoms with E-state index in [4.69, 9.17) is 0 Å². The minimum Gasteiger partial charge on any atom is -0.349 e. The Labute approximate surface area is 160 Å². The van der Waals surface area contributed by atoms with Gasteiger partial charge in [-0.05, 0) is 45.7 Å². The number of aromatic nitrogens is 2. The molecule has 0 saturated carbocycles. The molecule has 144 valence electrons. The van der Waals surface area contributed by atoms with Crippen molar-refractivity contribution in [2.75, 3.05) is 13.1 Å². The van der Waals surface area contributed by atoms with Crippen LogP contribution in [0.25, 0.3) is 0 Å². The zero-order valence-corrected chi connectivity index (χ0v) is 16.5. The Kier molecular flexibility index (Phi) is 5.35. The summed E-state index contributed by atoms with van der Waals surface area (Å²) in [5, 5.41) is 7.48. The molecule has 2 aromatic rings. The minimum atomic E-state index is -0.590. The molecule has 1 saturated heterocycles. The number of nitrogens with zero attached hydrogens (tertiary/aromatic N) is 3. The van der Waals surface area contributed by atoms with Crippen molar-refractivity contribution in [3.05, 3.63) is 53.3 Å². The number of amides is 2. The summed E-state index contributed by atoms with van der Waals surface area (Å²) in [6.45, 7) is 7.00. The maximum absolute atomic E-state index is 13.1. The molecule has 1 aromatic heterocycles. The van der Waals surface area contributed by atoms with Crippen LogP contribution in [0.4, 0.5) is 0 Å². The second-order valence-electron chi connectivity index (χ2n) is 7.80. The largest absolute Gasteiger partial charge is 0.349 e. The van der Waals surface area contributed by atoms with Crippen LogP contribution in [-0.2, 0) is 11.8 Å². The third kappa shape index (κ3) is 4.04. The van der Waals surface area contributed by atoms with Crippen molar-refractivity contribution in [2.45, 2.75) is 39.7 Å². The molecule has 1 fully saturated rings. The molecule has 3 rings (SSSR count). The van der Waals surface area contributed by atoms with Crippen LogP contribution in [0.2, 0.25) is 0 Å². The lowest BCUT2D eigenvalue weighted by Crippen LogP contribution is -2.52. The van der Waals surface area contributed by atoms with Gasteiger partial charge in [0.1, 0.15) is 0 Å². The first-order valence-electron chi connectivity index (χ1n) is 9.45. The molecule has 2 amide bonds. The van der Waals surface area contributed by atoms with Crippen molar-refractivity contribution in [1.82, 2.24) is 20.0 Å². The van der Waals surface area contributed by atoms with Gasteiger partial charge in [0, 0.05) is 37.5 Å². The van der Waals surface area contributed by atoms with E-state index in [0.29, 0.717) is 18.7 Å². The number of hydrogen-bond acceptors (Lipinski definition) is 3. The van der Waals surface area contributed by atoms with Crippen molar-refractivity contribution in [2.24, 2.45) is 12.5 Å².